The predicted octanol–water partition coefficient (Wildman–Crippen LogP) is 5.13. The van der Waals surface area contributed by atoms with Gasteiger partial charge >= 0.3 is 12.2 Å². The number of carbonyl (C=O) groups is 2. The Kier molecular flexibility index (Phi) is 8.14. The van der Waals surface area contributed by atoms with Gasteiger partial charge < -0.3 is 20.5 Å². The summed E-state index contributed by atoms with van der Waals surface area (Å²) in [6.07, 6.45) is -0.812. The first-order chi connectivity index (χ1) is 12.4. The van der Waals surface area contributed by atoms with Crippen molar-refractivity contribution in [2.24, 2.45) is 5.92 Å². The topological polar surface area (TPSA) is 87.7 Å². The van der Waals surface area contributed by atoms with Gasteiger partial charge in [0.1, 0.15) is 5.60 Å². The molecule has 6 nitrogen and oxygen atoms in total. The highest BCUT2D eigenvalue weighted by atomic mass is 79.9. The van der Waals surface area contributed by atoms with Crippen LogP contribution in [0, 0.1) is 5.92 Å². The summed E-state index contributed by atoms with van der Waals surface area (Å²) in [5, 5.41) is 14.7. The number of carbonyl (C=O) groups excluding carboxylic acids is 1. The highest BCUT2D eigenvalue weighted by Gasteiger charge is 2.37. The van der Waals surface area contributed by atoms with Crippen molar-refractivity contribution >= 4 is 28.1 Å². The Hall–Kier alpha value is -1.76. The Morgan fingerprint density at radius 2 is 1.85 bits per heavy atom. The zero-order valence-corrected chi connectivity index (χ0v) is 18.5. The molecule has 2 atom stereocenters. The minimum Gasteiger partial charge on any atom is -0.465 e. The molecule has 0 radical (unpaired) electrons. The van der Waals surface area contributed by atoms with Gasteiger partial charge in [-0.05, 0) is 58.2 Å². The number of halogens is 1. The van der Waals surface area contributed by atoms with Gasteiger partial charge in [0.05, 0.1) is 0 Å². The molecule has 0 bridgehead atoms. The largest absolute Gasteiger partial charge is 0.465 e. The first-order valence-electron chi connectivity index (χ1n) is 9.09. The van der Waals surface area contributed by atoms with Crippen LogP contribution >= 0.6 is 15.9 Å². The highest BCUT2D eigenvalue weighted by molar-refractivity contribution is 9.10. The van der Waals surface area contributed by atoms with Gasteiger partial charge in [-0.25, -0.2) is 9.59 Å². The van der Waals surface area contributed by atoms with E-state index in [1.807, 2.05) is 65.8 Å². The molecule has 0 aromatic heterocycles. The standard InChI is InChI=1S/C20H31BrN2O4/c1-7-16(20(5,6)23-17(24)25)15(13-9-8-10-14(21)11-13)12-22-18(26)27-19(2,3)4/h8-11,15-16,23H,7,12H2,1-6H3,(H,22,26)(H,24,25). The molecule has 27 heavy (non-hydrogen) atoms. The lowest BCUT2D eigenvalue weighted by Crippen LogP contribution is -2.52. The fourth-order valence-corrected chi connectivity index (χ4v) is 3.82. The van der Waals surface area contributed by atoms with E-state index >= 15 is 0 Å². The average molecular weight is 443 g/mol. The predicted molar refractivity (Wildman–Crippen MR) is 110 cm³/mol. The Labute approximate surface area is 170 Å². The molecule has 0 saturated heterocycles. The Balaban J connectivity index is 3.13. The van der Waals surface area contributed by atoms with Crippen molar-refractivity contribution in [1.82, 2.24) is 10.6 Å². The van der Waals surface area contributed by atoms with Crippen molar-refractivity contribution in [3.63, 3.8) is 0 Å². The molecule has 0 aliphatic carbocycles. The van der Waals surface area contributed by atoms with E-state index in [0.717, 1.165) is 16.5 Å². The number of alkyl carbamates (subject to hydrolysis) is 1. The number of carboxylic acid groups (broad SMARTS) is 1. The zero-order valence-electron chi connectivity index (χ0n) is 16.9. The van der Waals surface area contributed by atoms with Crippen LogP contribution in [0.1, 0.15) is 59.4 Å². The molecule has 0 heterocycles. The van der Waals surface area contributed by atoms with Gasteiger partial charge in [0, 0.05) is 22.5 Å². The maximum atomic E-state index is 12.1. The maximum Gasteiger partial charge on any atom is 0.407 e. The summed E-state index contributed by atoms with van der Waals surface area (Å²) < 4.78 is 6.27. The monoisotopic (exact) mass is 442 g/mol. The van der Waals surface area contributed by atoms with Gasteiger partial charge in [-0.3, -0.25) is 0 Å². The molecule has 0 fully saturated rings. The highest BCUT2D eigenvalue weighted by Crippen LogP contribution is 2.36. The van der Waals surface area contributed by atoms with E-state index in [4.69, 9.17) is 4.74 Å². The van der Waals surface area contributed by atoms with Gasteiger partial charge in [0.15, 0.2) is 0 Å². The van der Waals surface area contributed by atoms with E-state index < -0.39 is 23.3 Å². The number of hydrogen-bond acceptors (Lipinski definition) is 3. The van der Waals surface area contributed by atoms with Crippen LogP contribution in [-0.4, -0.2) is 35.0 Å². The van der Waals surface area contributed by atoms with Crippen LogP contribution in [0.5, 0.6) is 0 Å². The van der Waals surface area contributed by atoms with Crippen molar-refractivity contribution in [3.05, 3.63) is 34.3 Å². The van der Waals surface area contributed by atoms with Gasteiger partial charge in [-0.15, -0.1) is 0 Å². The number of hydrogen-bond donors (Lipinski definition) is 3. The first kappa shape index (κ1) is 23.3. The van der Waals surface area contributed by atoms with Crippen LogP contribution in [0.2, 0.25) is 0 Å². The molecule has 3 N–H and O–H groups in total. The van der Waals surface area contributed by atoms with E-state index in [1.165, 1.54) is 0 Å². The summed E-state index contributed by atoms with van der Waals surface area (Å²) >= 11 is 3.49. The number of amides is 2. The van der Waals surface area contributed by atoms with Crippen molar-refractivity contribution in [1.29, 1.82) is 0 Å². The van der Waals surface area contributed by atoms with Crippen molar-refractivity contribution in [3.8, 4) is 0 Å². The minimum atomic E-state index is -1.06. The molecule has 0 aliphatic heterocycles. The summed E-state index contributed by atoms with van der Waals surface area (Å²) in [6, 6.07) is 7.86. The Morgan fingerprint density at radius 3 is 2.33 bits per heavy atom. The number of ether oxygens (including phenoxy) is 1. The lowest BCUT2D eigenvalue weighted by molar-refractivity contribution is 0.0514. The Morgan fingerprint density at radius 1 is 1.22 bits per heavy atom. The number of benzene rings is 1. The van der Waals surface area contributed by atoms with E-state index in [1.54, 1.807) is 0 Å². The fourth-order valence-electron chi connectivity index (χ4n) is 3.40. The number of nitrogens with one attached hydrogen (secondary N) is 2. The van der Waals surface area contributed by atoms with Crippen LogP contribution in [0.15, 0.2) is 28.7 Å². The maximum absolute atomic E-state index is 12.1. The Bertz CT molecular complexity index is 656. The second-order valence-corrected chi connectivity index (χ2v) is 9.13. The third-order valence-electron chi connectivity index (χ3n) is 4.42. The van der Waals surface area contributed by atoms with E-state index in [0.29, 0.717) is 6.54 Å². The first-order valence-corrected chi connectivity index (χ1v) is 9.88. The molecule has 0 aliphatic rings. The average Bonchev–Trinajstić information content (AvgIpc) is 2.47. The van der Waals surface area contributed by atoms with Crippen LogP contribution in [0.25, 0.3) is 0 Å². The van der Waals surface area contributed by atoms with Crippen LogP contribution in [-0.2, 0) is 4.74 Å². The van der Waals surface area contributed by atoms with Gasteiger partial charge in [-0.2, -0.15) is 0 Å². The molecular formula is C20H31BrN2O4. The van der Waals surface area contributed by atoms with Crippen LogP contribution in [0.3, 0.4) is 0 Å². The number of rotatable bonds is 7. The van der Waals surface area contributed by atoms with Crippen LogP contribution in [0.4, 0.5) is 9.59 Å². The molecule has 0 saturated carbocycles. The van der Waals surface area contributed by atoms with E-state index in [-0.39, 0.29) is 11.8 Å². The third kappa shape index (κ3) is 7.79. The second-order valence-electron chi connectivity index (χ2n) is 8.21. The van der Waals surface area contributed by atoms with Gasteiger partial charge in [0.25, 0.3) is 0 Å². The van der Waals surface area contributed by atoms with Crippen LogP contribution < -0.4 is 10.6 Å². The van der Waals surface area contributed by atoms with Crippen molar-refractivity contribution in [2.45, 2.75) is 65.0 Å². The molecule has 1 aromatic carbocycles. The third-order valence-corrected chi connectivity index (χ3v) is 4.92. The summed E-state index contributed by atoms with van der Waals surface area (Å²) in [4.78, 5) is 23.4. The molecular weight excluding hydrogens is 412 g/mol. The van der Waals surface area contributed by atoms with Gasteiger partial charge in [0.2, 0.25) is 0 Å². The second kappa shape index (κ2) is 9.44. The quantitative estimate of drug-likeness (QED) is 0.545. The van der Waals surface area contributed by atoms with E-state index in [2.05, 4.69) is 26.6 Å². The smallest absolute Gasteiger partial charge is 0.407 e. The molecule has 0 spiro atoms. The fraction of sp³-hybridized carbons (Fsp3) is 0.600. The van der Waals surface area contributed by atoms with Crippen molar-refractivity contribution in [2.75, 3.05) is 6.54 Å². The summed E-state index contributed by atoms with van der Waals surface area (Å²) in [5.41, 5.74) is -0.236. The van der Waals surface area contributed by atoms with E-state index in [9.17, 15) is 14.7 Å². The lowest BCUT2D eigenvalue weighted by atomic mass is 9.73. The summed E-state index contributed by atoms with van der Waals surface area (Å²) in [7, 11) is 0. The molecule has 152 valence electrons. The normalized spacial score (nSPS) is 14.2. The van der Waals surface area contributed by atoms with Crippen molar-refractivity contribution < 1.29 is 19.4 Å². The zero-order chi connectivity index (χ0) is 20.8. The lowest BCUT2D eigenvalue weighted by Gasteiger charge is -2.39. The van der Waals surface area contributed by atoms with Gasteiger partial charge in [-0.1, -0.05) is 41.4 Å². The summed E-state index contributed by atoms with van der Waals surface area (Å²) in [5.74, 6) is -0.139. The summed E-state index contributed by atoms with van der Waals surface area (Å²) in [6.45, 7) is 11.5. The molecule has 7 heteroatoms. The molecule has 1 aromatic rings. The molecule has 2 amide bonds. The molecule has 2 unspecified atom stereocenters. The SMILES string of the molecule is CCC(C(CNC(=O)OC(C)(C)C)c1cccc(Br)c1)C(C)(C)NC(=O)O. The minimum absolute atomic E-state index is 0.0437. The molecule has 1 rings (SSSR count).